The molecule has 0 aromatic carbocycles. The van der Waals surface area contributed by atoms with Gasteiger partial charge in [-0.15, -0.1) is 0 Å². The van der Waals surface area contributed by atoms with Gasteiger partial charge in [-0.3, -0.25) is 4.98 Å². The normalized spacial score (nSPS) is 12.7. The predicted molar refractivity (Wildman–Crippen MR) is 76.6 cm³/mol. The second-order valence-corrected chi connectivity index (χ2v) is 5.03. The number of aromatic nitrogens is 2. The maximum atomic E-state index is 4.44. The van der Waals surface area contributed by atoms with Gasteiger partial charge in [-0.2, -0.15) is 0 Å². The molecule has 1 atom stereocenters. The van der Waals surface area contributed by atoms with Crippen molar-refractivity contribution >= 4 is 5.82 Å². The number of rotatable bonds is 8. The molecule has 0 aliphatic rings. The smallest absolute Gasteiger partial charge is 0.144 e. The summed E-state index contributed by atoms with van der Waals surface area (Å²) in [5, 5.41) is 3.23. The molecule has 0 bridgehead atoms. The van der Waals surface area contributed by atoms with Gasteiger partial charge >= 0.3 is 0 Å². The van der Waals surface area contributed by atoms with E-state index in [2.05, 4.69) is 48.0 Å². The fourth-order valence-electron chi connectivity index (χ4n) is 1.78. The molecule has 0 saturated heterocycles. The summed E-state index contributed by atoms with van der Waals surface area (Å²) in [6, 6.07) is 0. The van der Waals surface area contributed by atoms with Crippen LogP contribution in [0.2, 0.25) is 0 Å². The summed E-state index contributed by atoms with van der Waals surface area (Å²) in [7, 11) is 2.14. The van der Waals surface area contributed by atoms with E-state index in [0.717, 1.165) is 43.5 Å². The third-order valence-electron chi connectivity index (χ3n) is 3.01. The lowest BCUT2D eigenvalue weighted by Crippen LogP contribution is -2.24. The summed E-state index contributed by atoms with van der Waals surface area (Å²) in [6.07, 6.45) is 6.00. The Hall–Kier alpha value is -1.16. The highest BCUT2D eigenvalue weighted by Crippen LogP contribution is 2.07. The molecule has 1 rings (SSSR count). The number of nitrogens with one attached hydrogen (secondary N) is 1. The fourth-order valence-corrected chi connectivity index (χ4v) is 1.78. The Morgan fingerprint density at radius 1 is 1.28 bits per heavy atom. The van der Waals surface area contributed by atoms with E-state index in [4.69, 9.17) is 0 Å². The highest BCUT2D eigenvalue weighted by atomic mass is 15.1. The van der Waals surface area contributed by atoms with Crippen LogP contribution in [-0.4, -0.2) is 35.0 Å². The Balaban J connectivity index is 2.42. The lowest BCUT2D eigenvalue weighted by molar-refractivity contribution is 0.272. The quantitative estimate of drug-likeness (QED) is 0.770. The number of nitrogens with zero attached hydrogens (tertiary/aromatic N) is 3. The van der Waals surface area contributed by atoms with Crippen molar-refractivity contribution in [1.82, 2.24) is 14.9 Å². The van der Waals surface area contributed by atoms with Crippen molar-refractivity contribution in [2.24, 2.45) is 5.92 Å². The highest BCUT2D eigenvalue weighted by Gasteiger charge is 2.06. The van der Waals surface area contributed by atoms with Gasteiger partial charge in [0.05, 0.1) is 18.1 Å². The third-order valence-corrected chi connectivity index (χ3v) is 3.01. The Morgan fingerprint density at radius 2 is 2.06 bits per heavy atom. The number of hydrogen-bond acceptors (Lipinski definition) is 4. The Morgan fingerprint density at radius 3 is 2.61 bits per heavy atom. The number of anilines is 1. The van der Waals surface area contributed by atoms with Crippen LogP contribution >= 0.6 is 0 Å². The van der Waals surface area contributed by atoms with Crippen LogP contribution in [0.15, 0.2) is 12.4 Å². The molecule has 4 heteroatoms. The van der Waals surface area contributed by atoms with Crippen molar-refractivity contribution in [3.8, 4) is 0 Å². The van der Waals surface area contributed by atoms with Gasteiger partial charge in [0.25, 0.3) is 0 Å². The Bertz CT molecular complexity index is 323. The molecule has 0 aliphatic carbocycles. The largest absolute Gasteiger partial charge is 0.369 e. The summed E-state index contributed by atoms with van der Waals surface area (Å²) in [5.74, 6) is 1.60. The highest BCUT2D eigenvalue weighted by molar-refractivity contribution is 5.30. The van der Waals surface area contributed by atoms with Crippen LogP contribution in [-0.2, 0) is 6.54 Å². The molecule has 0 amide bonds. The molecule has 0 saturated carbocycles. The van der Waals surface area contributed by atoms with Crippen molar-refractivity contribution in [1.29, 1.82) is 0 Å². The number of hydrogen-bond donors (Lipinski definition) is 1. The first kappa shape index (κ1) is 14.9. The van der Waals surface area contributed by atoms with Crippen LogP contribution in [0.3, 0.4) is 0 Å². The second kappa shape index (κ2) is 8.03. The summed E-state index contributed by atoms with van der Waals surface area (Å²) >= 11 is 0. The van der Waals surface area contributed by atoms with E-state index in [1.807, 2.05) is 12.4 Å². The summed E-state index contributed by atoms with van der Waals surface area (Å²) in [5.41, 5.74) is 1.03. The van der Waals surface area contributed by atoms with Crippen molar-refractivity contribution in [3.05, 3.63) is 18.1 Å². The molecule has 1 aromatic heterocycles. The SMILES string of the molecule is CCCNc1cnc(CN(C)CC(C)CC)cn1. The zero-order valence-electron chi connectivity index (χ0n) is 12.1. The van der Waals surface area contributed by atoms with Gasteiger partial charge in [0.15, 0.2) is 0 Å². The fraction of sp³-hybridized carbons (Fsp3) is 0.714. The predicted octanol–water partition coefficient (Wildman–Crippen LogP) is 2.78. The molecule has 1 N–H and O–H groups in total. The van der Waals surface area contributed by atoms with E-state index in [1.54, 1.807) is 0 Å². The summed E-state index contributed by atoms with van der Waals surface area (Å²) < 4.78 is 0. The van der Waals surface area contributed by atoms with Crippen LogP contribution in [0.4, 0.5) is 5.82 Å². The Labute approximate surface area is 111 Å². The van der Waals surface area contributed by atoms with Crippen LogP contribution in [0.1, 0.15) is 39.3 Å². The van der Waals surface area contributed by atoms with Gasteiger partial charge in [0, 0.05) is 19.6 Å². The molecular weight excluding hydrogens is 224 g/mol. The van der Waals surface area contributed by atoms with Crippen molar-refractivity contribution in [2.75, 3.05) is 25.5 Å². The van der Waals surface area contributed by atoms with E-state index in [9.17, 15) is 0 Å². The monoisotopic (exact) mass is 250 g/mol. The first-order valence-electron chi connectivity index (χ1n) is 6.89. The topological polar surface area (TPSA) is 41.1 Å². The summed E-state index contributed by atoms with van der Waals surface area (Å²) in [4.78, 5) is 11.1. The van der Waals surface area contributed by atoms with E-state index < -0.39 is 0 Å². The Kier molecular flexibility index (Phi) is 6.65. The van der Waals surface area contributed by atoms with E-state index in [1.165, 1.54) is 6.42 Å². The molecule has 0 fully saturated rings. The lowest BCUT2D eigenvalue weighted by atomic mass is 10.1. The van der Waals surface area contributed by atoms with Crippen LogP contribution in [0.25, 0.3) is 0 Å². The van der Waals surface area contributed by atoms with Crippen molar-refractivity contribution in [2.45, 2.75) is 40.2 Å². The van der Waals surface area contributed by atoms with Gasteiger partial charge in [-0.05, 0) is 19.4 Å². The maximum Gasteiger partial charge on any atom is 0.144 e. The first-order valence-corrected chi connectivity index (χ1v) is 6.89. The van der Waals surface area contributed by atoms with Crippen LogP contribution in [0.5, 0.6) is 0 Å². The van der Waals surface area contributed by atoms with Gasteiger partial charge in [0.1, 0.15) is 5.82 Å². The summed E-state index contributed by atoms with van der Waals surface area (Å²) in [6.45, 7) is 9.56. The van der Waals surface area contributed by atoms with Gasteiger partial charge in [-0.25, -0.2) is 4.98 Å². The molecule has 0 aliphatic heterocycles. The van der Waals surface area contributed by atoms with Gasteiger partial charge in [0.2, 0.25) is 0 Å². The molecule has 1 unspecified atom stereocenters. The first-order chi connectivity index (χ1) is 8.65. The van der Waals surface area contributed by atoms with Crippen LogP contribution in [0, 0.1) is 5.92 Å². The van der Waals surface area contributed by atoms with E-state index in [0.29, 0.717) is 0 Å². The molecule has 0 radical (unpaired) electrons. The van der Waals surface area contributed by atoms with Gasteiger partial charge in [-0.1, -0.05) is 27.2 Å². The van der Waals surface area contributed by atoms with Gasteiger partial charge < -0.3 is 10.2 Å². The molecular formula is C14H26N4. The van der Waals surface area contributed by atoms with E-state index >= 15 is 0 Å². The molecule has 4 nitrogen and oxygen atoms in total. The standard InChI is InChI=1S/C14H26N4/c1-5-7-15-14-9-16-13(8-17-14)11-18(4)10-12(3)6-2/h8-9,12H,5-7,10-11H2,1-4H3,(H,15,17). The zero-order chi connectivity index (χ0) is 13.4. The minimum Gasteiger partial charge on any atom is -0.369 e. The second-order valence-electron chi connectivity index (χ2n) is 5.03. The lowest BCUT2D eigenvalue weighted by Gasteiger charge is -2.19. The molecule has 18 heavy (non-hydrogen) atoms. The molecule has 0 spiro atoms. The minimum atomic E-state index is 0.730. The molecule has 102 valence electrons. The third kappa shape index (κ3) is 5.45. The molecule has 1 aromatic rings. The minimum absolute atomic E-state index is 0.730. The van der Waals surface area contributed by atoms with Crippen LogP contribution < -0.4 is 5.32 Å². The average molecular weight is 250 g/mol. The van der Waals surface area contributed by atoms with Crippen molar-refractivity contribution < 1.29 is 0 Å². The van der Waals surface area contributed by atoms with Crippen molar-refractivity contribution in [3.63, 3.8) is 0 Å². The van der Waals surface area contributed by atoms with E-state index in [-0.39, 0.29) is 0 Å². The molecule has 1 heterocycles. The zero-order valence-corrected chi connectivity index (χ0v) is 12.1. The maximum absolute atomic E-state index is 4.44. The average Bonchev–Trinajstić information content (AvgIpc) is 2.37.